The van der Waals surface area contributed by atoms with Crippen molar-refractivity contribution in [3.63, 3.8) is 0 Å². The van der Waals surface area contributed by atoms with Crippen molar-refractivity contribution in [1.82, 2.24) is 0 Å². The fourth-order valence-corrected chi connectivity index (χ4v) is 1.06. The van der Waals surface area contributed by atoms with E-state index in [4.69, 9.17) is 9.47 Å². The molecular formula is C8H10O4. The molecule has 0 bridgehead atoms. The van der Waals surface area contributed by atoms with Crippen molar-refractivity contribution in [2.24, 2.45) is 0 Å². The van der Waals surface area contributed by atoms with Gasteiger partial charge in [0.25, 0.3) is 0 Å². The minimum atomic E-state index is -0.514. The fourth-order valence-electron chi connectivity index (χ4n) is 1.06. The summed E-state index contributed by atoms with van der Waals surface area (Å²) in [6, 6.07) is 0. The fraction of sp³-hybridized carbons (Fsp3) is 0.500. The summed E-state index contributed by atoms with van der Waals surface area (Å²) in [4.78, 5) is 21.8. The number of carbonyl (C=O) groups is 2. The molecule has 4 nitrogen and oxygen atoms in total. The first kappa shape index (κ1) is 8.93. The van der Waals surface area contributed by atoms with Gasteiger partial charge >= 0.3 is 0 Å². The number of methoxy groups -OCH3 is 2. The quantitative estimate of drug-likeness (QED) is 0.550. The molecule has 1 unspecified atom stereocenters. The zero-order chi connectivity index (χ0) is 9.14. The van der Waals surface area contributed by atoms with Crippen molar-refractivity contribution in [3.8, 4) is 0 Å². The number of Topliss-reactive ketones (excluding diaryl/α,β-unsaturated/α-hetero) is 1. The molecule has 0 saturated carbocycles. The van der Waals surface area contributed by atoms with E-state index >= 15 is 0 Å². The van der Waals surface area contributed by atoms with E-state index in [1.807, 2.05) is 0 Å². The van der Waals surface area contributed by atoms with E-state index < -0.39 is 17.7 Å². The van der Waals surface area contributed by atoms with Crippen LogP contribution in [-0.4, -0.2) is 31.9 Å². The molecule has 1 aliphatic carbocycles. The van der Waals surface area contributed by atoms with E-state index in [2.05, 4.69) is 0 Å². The first-order valence-electron chi connectivity index (χ1n) is 3.54. The Morgan fingerprint density at radius 3 is 2.58 bits per heavy atom. The lowest BCUT2D eigenvalue weighted by Gasteiger charge is -2.19. The van der Waals surface area contributed by atoms with Crippen molar-refractivity contribution in [1.29, 1.82) is 0 Å². The number of hydrogen-bond acceptors (Lipinski definition) is 4. The Labute approximate surface area is 70.1 Å². The van der Waals surface area contributed by atoms with Gasteiger partial charge in [0.15, 0.2) is 0 Å². The summed E-state index contributed by atoms with van der Waals surface area (Å²) in [6.45, 7) is 0. The van der Waals surface area contributed by atoms with Gasteiger partial charge in [0.2, 0.25) is 11.6 Å². The highest BCUT2D eigenvalue weighted by Crippen LogP contribution is 2.16. The van der Waals surface area contributed by atoms with Crippen LogP contribution < -0.4 is 0 Å². The monoisotopic (exact) mass is 170 g/mol. The molecule has 0 fully saturated rings. The van der Waals surface area contributed by atoms with E-state index in [0.29, 0.717) is 5.76 Å². The Morgan fingerprint density at radius 1 is 1.42 bits per heavy atom. The van der Waals surface area contributed by atoms with Gasteiger partial charge < -0.3 is 9.47 Å². The second kappa shape index (κ2) is 3.49. The maximum absolute atomic E-state index is 10.9. The second-order valence-corrected chi connectivity index (χ2v) is 2.47. The van der Waals surface area contributed by atoms with Gasteiger partial charge in [-0.15, -0.1) is 0 Å². The maximum atomic E-state index is 10.9. The van der Waals surface area contributed by atoms with Gasteiger partial charge in [0.1, 0.15) is 11.9 Å². The SMILES string of the molecule is COC1=CC(=O)C(=O)CC1OC. The average molecular weight is 170 g/mol. The van der Waals surface area contributed by atoms with Crippen LogP contribution in [0.5, 0.6) is 0 Å². The molecule has 0 aromatic heterocycles. The highest BCUT2D eigenvalue weighted by Gasteiger charge is 2.28. The molecule has 0 saturated heterocycles. The minimum Gasteiger partial charge on any atom is -0.498 e. The summed E-state index contributed by atoms with van der Waals surface area (Å²) in [5.74, 6) is -0.523. The van der Waals surface area contributed by atoms with Gasteiger partial charge in [-0.05, 0) is 0 Å². The Morgan fingerprint density at radius 2 is 2.08 bits per heavy atom. The summed E-state index contributed by atoms with van der Waals surface area (Å²) >= 11 is 0. The van der Waals surface area contributed by atoms with Gasteiger partial charge in [0, 0.05) is 19.6 Å². The van der Waals surface area contributed by atoms with E-state index in [1.165, 1.54) is 20.3 Å². The third kappa shape index (κ3) is 1.53. The van der Waals surface area contributed by atoms with Gasteiger partial charge in [-0.25, -0.2) is 0 Å². The van der Waals surface area contributed by atoms with Crippen molar-refractivity contribution < 1.29 is 19.1 Å². The van der Waals surface area contributed by atoms with Crippen LogP contribution in [0.3, 0.4) is 0 Å². The molecule has 12 heavy (non-hydrogen) atoms. The molecule has 0 N–H and O–H groups in total. The highest BCUT2D eigenvalue weighted by atomic mass is 16.5. The Bertz CT molecular complexity index is 241. The molecule has 0 spiro atoms. The summed E-state index contributed by atoms with van der Waals surface area (Å²) in [5.41, 5.74) is 0. The summed E-state index contributed by atoms with van der Waals surface area (Å²) in [6.07, 6.45) is 0.856. The lowest BCUT2D eigenvalue weighted by molar-refractivity contribution is -0.136. The topological polar surface area (TPSA) is 52.6 Å². The molecule has 0 aromatic rings. The third-order valence-electron chi connectivity index (χ3n) is 1.76. The number of ether oxygens (including phenoxy) is 2. The molecule has 1 aliphatic rings. The number of carbonyl (C=O) groups excluding carboxylic acids is 2. The van der Waals surface area contributed by atoms with Crippen molar-refractivity contribution in [2.75, 3.05) is 14.2 Å². The van der Waals surface area contributed by atoms with E-state index in [-0.39, 0.29) is 6.42 Å². The van der Waals surface area contributed by atoms with Crippen LogP contribution in [0.4, 0.5) is 0 Å². The van der Waals surface area contributed by atoms with Gasteiger partial charge in [0.05, 0.1) is 7.11 Å². The average Bonchev–Trinajstić information content (AvgIpc) is 2.09. The lowest BCUT2D eigenvalue weighted by Crippen LogP contribution is -2.29. The zero-order valence-corrected chi connectivity index (χ0v) is 6.99. The van der Waals surface area contributed by atoms with Crippen LogP contribution in [-0.2, 0) is 19.1 Å². The molecule has 0 radical (unpaired) electrons. The van der Waals surface area contributed by atoms with Crippen molar-refractivity contribution in [2.45, 2.75) is 12.5 Å². The molecule has 0 aliphatic heterocycles. The predicted octanol–water partition coefficient (Wildman–Crippen LogP) is 0.0736. The normalized spacial score (nSPS) is 23.8. The standard InChI is InChI=1S/C8H10O4/c1-11-7-3-5(9)6(10)4-8(7)12-2/h3,8H,4H2,1-2H3. The predicted molar refractivity (Wildman–Crippen MR) is 40.5 cm³/mol. The Kier molecular flexibility index (Phi) is 2.60. The van der Waals surface area contributed by atoms with Crippen LogP contribution >= 0.6 is 0 Å². The van der Waals surface area contributed by atoms with Gasteiger partial charge in [-0.1, -0.05) is 0 Å². The van der Waals surface area contributed by atoms with Crippen molar-refractivity contribution >= 4 is 11.6 Å². The molecule has 0 aromatic carbocycles. The third-order valence-corrected chi connectivity index (χ3v) is 1.76. The number of ketones is 2. The van der Waals surface area contributed by atoms with Crippen LogP contribution in [0.1, 0.15) is 6.42 Å². The number of hydrogen-bond donors (Lipinski definition) is 0. The molecule has 4 heteroatoms. The Balaban J connectivity index is 2.87. The van der Waals surface area contributed by atoms with Crippen LogP contribution in [0.25, 0.3) is 0 Å². The lowest BCUT2D eigenvalue weighted by atomic mass is 10.0. The van der Waals surface area contributed by atoms with Gasteiger partial charge in [-0.2, -0.15) is 0 Å². The molecule has 1 atom stereocenters. The maximum Gasteiger partial charge on any atom is 0.224 e. The smallest absolute Gasteiger partial charge is 0.224 e. The van der Waals surface area contributed by atoms with E-state index in [0.717, 1.165) is 0 Å². The summed E-state index contributed by atoms with van der Waals surface area (Å²) in [7, 11) is 2.92. The van der Waals surface area contributed by atoms with Crippen LogP contribution in [0.15, 0.2) is 11.8 Å². The van der Waals surface area contributed by atoms with E-state index in [1.54, 1.807) is 0 Å². The summed E-state index contributed by atoms with van der Waals surface area (Å²) in [5, 5.41) is 0. The highest BCUT2D eigenvalue weighted by molar-refractivity contribution is 6.42. The number of rotatable bonds is 2. The largest absolute Gasteiger partial charge is 0.498 e. The van der Waals surface area contributed by atoms with Gasteiger partial charge in [-0.3, -0.25) is 9.59 Å². The van der Waals surface area contributed by atoms with Crippen LogP contribution in [0, 0.1) is 0 Å². The van der Waals surface area contributed by atoms with E-state index in [9.17, 15) is 9.59 Å². The van der Waals surface area contributed by atoms with Crippen molar-refractivity contribution in [3.05, 3.63) is 11.8 Å². The van der Waals surface area contributed by atoms with Crippen LogP contribution in [0.2, 0.25) is 0 Å². The molecule has 0 amide bonds. The zero-order valence-electron chi connectivity index (χ0n) is 6.99. The second-order valence-electron chi connectivity index (χ2n) is 2.47. The molecule has 66 valence electrons. The first-order chi connectivity index (χ1) is 5.69. The molecule has 0 heterocycles. The number of allylic oxidation sites excluding steroid dienone is 1. The molecule has 1 rings (SSSR count). The Hall–Kier alpha value is -1.16. The minimum absolute atomic E-state index is 0.0784. The summed E-state index contributed by atoms with van der Waals surface area (Å²) < 4.78 is 9.82. The first-order valence-corrected chi connectivity index (χ1v) is 3.54. The molecular weight excluding hydrogens is 160 g/mol.